The van der Waals surface area contributed by atoms with Crippen molar-refractivity contribution in [3.05, 3.63) is 62.3 Å². The molecule has 11 heteroatoms. The van der Waals surface area contributed by atoms with Crippen molar-refractivity contribution in [3.8, 4) is 11.5 Å². The first-order chi connectivity index (χ1) is 15.6. The van der Waals surface area contributed by atoms with Gasteiger partial charge in [0.25, 0.3) is 11.4 Å². The van der Waals surface area contributed by atoms with Crippen LogP contribution in [-0.4, -0.2) is 42.5 Å². The van der Waals surface area contributed by atoms with Gasteiger partial charge in [0.2, 0.25) is 5.28 Å². The highest BCUT2D eigenvalue weighted by Gasteiger charge is 2.17. The molecule has 0 aliphatic rings. The molecule has 168 valence electrons. The number of imidazole rings is 1. The number of nitrogens with zero attached hydrogens (tertiary/aromatic N) is 5. The quantitative estimate of drug-likeness (QED) is 0.286. The van der Waals surface area contributed by atoms with Crippen molar-refractivity contribution >= 4 is 22.8 Å². The van der Waals surface area contributed by atoms with Gasteiger partial charge in [-0.05, 0) is 43.5 Å². The lowest BCUT2D eigenvalue weighted by atomic mass is 10.2. The Kier molecular flexibility index (Phi) is 6.81. The fraction of sp³-hybridized carbons (Fsp3) is 0.381. The number of benzene rings is 1. The summed E-state index contributed by atoms with van der Waals surface area (Å²) >= 11 is 5.95. The molecule has 4 aromatic rings. The van der Waals surface area contributed by atoms with Crippen LogP contribution in [0.3, 0.4) is 0 Å². The Morgan fingerprint density at radius 3 is 2.69 bits per heavy atom. The molecular formula is C21H23ClN6O4. The van der Waals surface area contributed by atoms with Crippen LogP contribution in [0.15, 0.2) is 44.4 Å². The number of aryl methyl sites for hydroxylation is 1. The molecule has 4 rings (SSSR count). The number of nitrogens with one attached hydrogen (secondary N) is 1. The SMILES string of the molecule is CCOCCn1c(=O)n(CCCCc2noc(-c3ccccc3)n2)c(=O)c2[nH]c(Cl)nc21. The summed E-state index contributed by atoms with van der Waals surface area (Å²) in [5, 5.41) is 4.07. The Labute approximate surface area is 187 Å². The Hall–Kier alpha value is -3.24. The first kappa shape index (κ1) is 22.0. The van der Waals surface area contributed by atoms with Crippen LogP contribution in [0.5, 0.6) is 0 Å². The van der Waals surface area contributed by atoms with E-state index < -0.39 is 11.2 Å². The molecule has 3 heterocycles. The van der Waals surface area contributed by atoms with E-state index in [0.29, 0.717) is 44.2 Å². The van der Waals surface area contributed by atoms with Crippen molar-refractivity contribution in [1.82, 2.24) is 29.2 Å². The first-order valence-electron chi connectivity index (χ1n) is 10.4. The molecule has 1 aromatic carbocycles. The van der Waals surface area contributed by atoms with Crippen LogP contribution in [0.4, 0.5) is 0 Å². The third kappa shape index (κ3) is 4.66. The number of halogens is 1. The zero-order valence-electron chi connectivity index (χ0n) is 17.6. The van der Waals surface area contributed by atoms with Crippen LogP contribution in [0.2, 0.25) is 5.28 Å². The summed E-state index contributed by atoms with van der Waals surface area (Å²) in [6.45, 7) is 3.26. The highest BCUT2D eigenvalue weighted by molar-refractivity contribution is 6.28. The summed E-state index contributed by atoms with van der Waals surface area (Å²) in [6.07, 6.45) is 1.84. The third-order valence-electron chi connectivity index (χ3n) is 5.02. The predicted octanol–water partition coefficient (Wildman–Crippen LogP) is 2.65. The molecule has 0 amide bonds. The molecule has 3 aromatic heterocycles. The van der Waals surface area contributed by atoms with E-state index in [4.69, 9.17) is 20.9 Å². The Morgan fingerprint density at radius 1 is 1.09 bits per heavy atom. The topological polar surface area (TPSA) is 121 Å². The van der Waals surface area contributed by atoms with Crippen molar-refractivity contribution in [1.29, 1.82) is 0 Å². The summed E-state index contributed by atoms with van der Waals surface area (Å²) in [6, 6.07) is 9.53. The Bertz CT molecular complexity index is 1310. The smallest absolute Gasteiger partial charge is 0.332 e. The highest BCUT2D eigenvalue weighted by Crippen LogP contribution is 2.17. The van der Waals surface area contributed by atoms with Gasteiger partial charge in [0.1, 0.15) is 0 Å². The lowest BCUT2D eigenvalue weighted by Crippen LogP contribution is -2.40. The lowest BCUT2D eigenvalue weighted by Gasteiger charge is -2.11. The van der Waals surface area contributed by atoms with Gasteiger partial charge in [0.15, 0.2) is 17.0 Å². The van der Waals surface area contributed by atoms with Gasteiger partial charge in [-0.2, -0.15) is 9.97 Å². The van der Waals surface area contributed by atoms with E-state index in [9.17, 15) is 9.59 Å². The van der Waals surface area contributed by atoms with Crippen LogP contribution in [-0.2, 0) is 24.2 Å². The molecular weight excluding hydrogens is 436 g/mol. The fourth-order valence-corrected chi connectivity index (χ4v) is 3.62. The van der Waals surface area contributed by atoms with Crippen LogP contribution in [0.25, 0.3) is 22.6 Å². The number of aromatic nitrogens is 6. The van der Waals surface area contributed by atoms with Gasteiger partial charge in [-0.3, -0.25) is 13.9 Å². The van der Waals surface area contributed by atoms with E-state index >= 15 is 0 Å². The van der Waals surface area contributed by atoms with E-state index in [2.05, 4.69) is 20.1 Å². The number of hydrogen-bond donors (Lipinski definition) is 1. The molecule has 0 spiro atoms. The van der Waals surface area contributed by atoms with Crippen molar-refractivity contribution in [2.45, 2.75) is 39.3 Å². The minimum absolute atomic E-state index is 0.0609. The standard InChI is InChI=1S/C21H23ClN6O4/c1-2-31-13-12-27-17-16(24-20(22)25-17)19(29)28(21(27)30)11-7-6-10-15-23-18(32-26-15)14-8-4-3-5-9-14/h3-5,8-9H,2,6-7,10-13H2,1H3,(H,24,25). The maximum Gasteiger partial charge on any atom is 0.332 e. The normalized spacial score (nSPS) is 11.4. The van der Waals surface area contributed by atoms with Crippen LogP contribution in [0, 0.1) is 0 Å². The maximum absolute atomic E-state index is 13.0. The number of fused-ring (bicyclic) bond motifs is 1. The summed E-state index contributed by atoms with van der Waals surface area (Å²) in [5.41, 5.74) is 0.425. The van der Waals surface area contributed by atoms with Crippen molar-refractivity contribution < 1.29 is 9.26 Å². The number of unbranched alkanes of at least 4 members (excludes halogenated alkanes) is 1. The monoisotopic (exact) mass is 458 g/mol. The van der Waals surface area contributed by atoms with Gasteiger partial charge < -0.3 is 14.2 Å². The third-order valence-corrected chi connectivity index (χ3v) is 5.20. The zero-order chi connectivity index (χ0) is 22.5. The van der Waals surface area contributed by atoms with E-state index in [0.717, 1.165) is 5.56 Å². The van der Waals surface area contributed by atoms with Crippen molar-refractivity contribution in [2.75, 3.05) is 13.2 Å². The average molecular weight is 459 g/mol. The summed E-state index contributed by atoms with van der Waals surface area (Å²) in [5.74, 6) is 1.05. The van der Waals surface area contributed by atoms with Gasteiger partial charge >= 0.3 is 5.69 Å². The fourth-order valence-electron chi connectivity index (χ4n) is 3.44. The predicted molar refractivity (Wildman–Crippen MR) is 119 cm³/mol. The van der Waals surface area contributed by atoms with Gasteiger partial charge in [-0.1, -0.05) is 23.4 Å². The molecule has 10 nitrogen and oxygen atoms in total. The summed E-state index contributed by atoms with van der Waals surface area (Å²) in [7, 11) is 0. The average Bonchev–Trinajstić information content (AvgIpc) is 3.43. The molecule has 32 heavy (non-hydrogen) atoms. The molecule has 0 saturated heterocycles. The Balaban J connectivity index is 1.46. The second kappa shape index (κ2) is 9.92. The highest BCUT2D eigenvalue weighted by atomic mass is 35.5. The molecule has 0 radical (unpaired) electrons. The molecule has 0 aliphatic carbocycles. The van der Waals surface area contributed by atoms with Crippen LogP contribution >= 0.6 is 11.6 Å². The summed E-state index contributed by atoms with van der Waals surface area (Å²) in [4.78, 5) is 37.0. The van der Waals surface area contributed by atoms with Crippen LogP contribution < -0.4 is 11.2 Å². The molecule has 0 fully saturated rings. The minimum Gasteiger partial charge on any atom is -0.380 e. The molecule has 0 saturated carbocycles. The number of H-pyrrole nitrogens is 1. The second-order valence-electron chi connectivity index (χ2n) is 7.15. The van der Waals surface area contributed by atoms with Crippen LogP contribution in [0.1, 0.15) is 25.6 Å². The van der Waals surface area contributed by atoms with E-state index in [1.54, 1.807) is 0 Å². The Morgan fingerprint density at radius 2 is 1.91 bits per heavy atom. The summed E-state index contributed by atoms with van der Waals surface area (Å²) < 4.78 is 13.3. The largest absolute Gasteiger partial charge is 0.380 e. The minimum atomic E-state index is -0.442. The molecule has 0 unspecified atom stereocenters. The number of hydrogen-bond acceptors (Lipinski definition) is 7. The van der Waals surface area contributed by atoms with Gasteiger partial charge in [-0.25, -0.2) is 4.79 Å². The molecule has 1 N–H and O–H groups in total. The molecule has 0 atom stereocenters. The maximum atomic E-state index is 13.0. The zero-order valence-corrected chi connectivity index (χ0v) is 18.3. The van der Waals surface area contributed by atoms with Crippen molar-refractivity contribution in [2.24, 2.45) is 0 Å². The lowest BCUT2D eigenvalue weighted by molar-refractivity contribution is 0.138. The van der Waals surface area contributed by atoms with Crippen molar-refractivity contribution in [3.63, 3.8) is 0 Å². The van der Waals surface area contributed by atoms with Gasteiger partial charge in [0, 0.05) is 25.1 Å². The number of ether oxygens (including phenoxy) is 1. The number of aromatic amines is 1. The first-order valence-corrected chi connectivity index (χ1v) is 10.8. The van der Waals surface area contributed by atoms with E-state index in [1.807, 2.05) is 37.3 Å². The van der Waals surface area contributed by atoms with E-state index in [1.165, 1.54) is 9.13 Å². The second-order valence-corrected chi connectivity index (χ2v) is 7.51. The van der Waals surface area contributed by atoms with E-state index in [-0.39, 0.29) is 29.5 Å². The van der Waals surface area contributed by atoms with Gasteiger partial charge in [-0.15, -0.1) is 0 Å². The van der Waals surface area contributed by atoms with Gasteiger partial charge in [0.05, 0.1) is 13.2 Å². The molecule has 0 aliphatic heterocycles. The number of rotatable bonds is 10. The molecule has 0 bridgehead atoms.